The van der Waals surface area contributed by atoms with Gasteiger partial charge in [0, 0.05) is 13.1 Å². The van der Waals surface area contributed by atoms with Crippen LogP contribution in [0.4, 0.5) is 0 Å². The standard InChI is InChI=1S/C14H15ClN2O2S2/c1-10-13(20-14(15)16-10)21(18,19)17-8-7-12(9-17)11-5-3-2-4-6-11/h2-6,12H,7-9H2,1H3. The molecule has 2 heterocycles. The number of sulfonamides is 1. The Balaban J connectivity index is 1.84. The Morgan fingerprint density at radius 2 is 2.05 bits per heavy atom. The monoisotopic (exact) mass is 342 g/mol. The summed E-state index contributed by atoms with van der Waals surface area (Å²) in [5.41, 5.74) is 1.67. The molecule has 0 N–H and O–H groups in total. The lowest BCUT2D eigenvalue weighted by molar-refractivity contribution is 0.474. The van der Waals surface area contributed by atoms with Gasteiger partial charge in [0.1, 0.15) is 0 Å². The van der Waals surface area contributed by atoms with Crippen molar-refractivity contribution in [3.05, 3.63) is 46.1 Å². The van der Waals surface area contributed by atoms with E-state index in [-0.39, 0.29) is 14.6 Å². The van der Waals surface area contributed by atoms with E-state index in [2.05, 4.69) is 17.1 Å². The molecule has 1 unspecified atom stereocenters. The molecule has 0 spiro atoms. The van der Waals surface area contributed by atoms with Crippen molar-refractivity contribution in [3.63, 3.8) is 0 Å². The van der Waals surface area contributed by atoms with Gasteiger partial charge in [-0.05, 0) is 24.8 Å². The molecule has 3 rings (SSSR count). The van der Waals surface area contributed by atoms with E-state index in [0.29, 0.717) is 18.8 Å². The molecule has 1 aliphatic heterocycles. The Hall–Kier alpha value is -0.950. The fraction of sp³-hybridized carbons (Fsp3) is 0.357. The minimum Gasteiger partial charge on any atom is -0.229 e. The Kier molecular flexibility index (Phi) is 4.05. The van der Waals surface area contributed by atoms with Crippen molar-refractivity contribution in [2.45, 2.75) is 23.5 Å². The first kappa shape index (κ1) is 15.0. The van der Waals surface area contributed by atoms with Crippen molar-refractivity contribution >= 4 is 33.0 Å². The van der Waals surface area contributed by atoms with E-state index >= 15 is 0 Å². The molecule has 1 atom stereocenters. The van der Waals surface area contributed by atoms with Crippen LogP contribution >= 0.6 is 22.9 Å². The molecule has 1 saturated heterocycles. The van der Waals surface area contributed by atoms with Gasteiger partial charge in [0.05, 0.1) is 5.69 Å². The molecule has 0 saturated carbocycles. The number of halogens is 1. The summed E-state index contributed by atoms with van der Waals surface area (Å²) in [6.07, 6.45) is 0.842. The van der Waals surface area contributed by atoms with E-state index in [9.17, 15) is 8.42 Å². The largest absolute Gasteiger partial charge is 0.254 e. The normalized spacial score (nSPS) is 20.0. The van der Waals surface area contributed by atoms with Crippen LogP contribution in [-0.2, 0) is 10.0 Å². The predicted molar refractivity (Wildman–Crippen MR) is 84.4 cm³/mol. The van der Waals surface area contributed by atoms with Gasteiger partial charge >= 0.3 is 0 Å². The lowest BCUT2D eigenvalue weighted by Gasteiger charge is -2.16. The summed E-state index contributed by atoms with van der Waals surface area (Å²) in [5, 5.41) is 0. The summed E-state index contributed by atoms with van der Waals surface area (Å²) in [5.74, 6) is 0.254. The van der Waals surface area contributed by atoms with E-state index in [4.69, 9.17) is 11.6 Å². The molecule has 0 bridgehead atoms. The number of nitrogens with zero attached hydrogens (tertiary/aromatic N) is 2. The number of rotatable bonds is 3. The summed E-state index contributed by atoms with van der Waals surface area (Å²) in [6.45, 7) is 2.73. The van der Waals surface area contributed by atoms with Gasteiger partial charge in [0.15, 0.2) is 8.68 Å². The number of aryl methyl sites for hydroxylation is 1. The van der Waals surface area contributed by atoms with Crippen molar-refractivity contribution in [3.8, 4) is 0 Å². The Morgan fingerprint density at radius 3 is 2.67 bits per heavy atom. The summed E-state index contributed by atoms with van der Waals surface area (Å²) < 4.78 is 27.4. The Labute approximate surface area is 133 Å². The van der Waals surface area contributed by atoms with Crippen LogP contribution in [0.3, 0.4) is 0 Å². The maximum Gasteiger partial charge on any atom is 0.254 e. The molecule has 1 fully saturated rings. The Morgan fingerprint density at radius 1 is 1.33 bits per heavy atom. The molecule has 1 aromatic heterocycles. The van der Waals surface area contributed by atoms with Gasteiger partial charge in [-0.1, -0.05) is 53.3 Å². The van der Waals surface area contributed by atoms with Gasteiger partial charge in [-0.25, -0.2) is 13.4 Å². The van der Waals surface area contributed by atoms with Crippen LogP contribution in [0.25, 0.3) is 0 Å². The highest BCUT2D eigenvalue weighted by Gasteiger charge is 2.35. The van der Waals surface area contributed by atoms with E-state index in [1.165, 1.54) is 5.56 Å². The maximum atomic E-state index is 12.7. The number of benzene rings is 1. The van der Waals surface area contributed by atoms with Gasteiger partial charge in [-0.3, -0.25) is 0 Å². The fourth-order valence-electron chi connectivity index (χ4n) is 2.65. The van der Waals surface area contributed by atoms with Crippen molar-refractivity contribution in [2.75, 3.05) is 13.1 Å². The first-order valence-electron chi connectivity index (χ1n) is 6.66. The predicted octanol–water partition coefficient (Wildman–Crippen LogP) is 3.28. The fourth-order valence-corrected chi connectivity index (χ4v) is 6.03. The Bertz CT molecular complexity index is 744. The quantitative estimate of drug-likeness (QED) is 0.860. The van der Waals surface area contributed by atoms with Crippen LogP contribution in [0.5, 0.6) is 0 Å². The maximum absolute atomic E-state index is 12.7. The van der Waals surface area contributed by atoms with E-state index in [1.807, 2.05) is 18.2 Å². The van der Waals surface area contributed by atoms with Gasteiger partial charge in [0.25, 0.3) is 10.0 Å². The summed E-state index contributed by atoms with van der Waals surface area (Å²) in [6, 6.07) is 10.0. The molecular formula is C14H15ClN2O2S2. The van der Waals surface area contributed by atoms with Crippen molar-refractivity contribution in [1.29, 1.82) is 0 Å². The van der Waals surface area contributed by atoms with Crippen molar-refractivity contribution in [2.24, 2.45) is 0 Å². The molecule has 0 aliphatic carbocycles. The first-order chi connectivity index (χ1) is 9.98. The minimum atomic E-state index is -3.48. The first-order valence-corrected chi connectivity index (χ1v) is 9.30. The second kappa shape index (κ2) is 5.68. The van der Waals surface area contributed by atoms with Crippen LogP contribution in [0.1, 0.15) is 23.6 Å². The molecule has 2 aromatic rings. The third kappa shape index (κ3) is 2.85. The van der Waals surface area contributed by atoms with E-state index < -0.39 is 10.0 Å². The highest BCUT2D eigenvalue weighted by Crippen LogP contribution is 2.34. The van der Waals surface area contributed by atoms with Gasteiger partial charge < -0.3 is 0 Å². The van der Waals surface area contributed by atoms with Crippen molar-refractivity contribution in [1.82, 2.24) is 9.29 Å². The highest BCUT2D eigenvalue weighted by atomic mass is 35.5. The third-order valence-corrected chi connectivity index (χ3v) is 7.44. The number of hydrogen-bond acceptors (Lipinski definition) is 4. The molecule has 0 amide bonds. The molecule has 21 heavy (non-hydrogen) atoms. The van der Waals surface area contributed by atoms with Gasteiger partial charge in [-0.15, -0.1) is 0 Å². The van der Waals surface area contributed by atoms with E-state index in [1.54, 1.807) is 11.2 Å². The van der Waals surface area contributed by atoms with Crippen LogP contribution in [0.15, 0.2) is 34.5 Å². The number of aromatic nitrogens is 1. The van der Waals surface area contributed by atoms with E-state index in [0.717, 1.165) is 17.8 Å². The summed E-state index contributed by atoms with van der Waals surface area (Å²) in [4.78, 5) is 4.00. The molecule has 0 radical (unpaired) electrons. The molecule has 112 valence electrons. The number of hydrogen-bond donors (Lipinski definition) is 0. The lowest BCUT2D eigenvalue weighted by atomic mass is 9.99. The van der Waals surface area contributed by atoms with Crippen LogP contribution in [0.2, 0.25) is 4.47 Å². The zero-order chi connectivity index (χ0) is 15.0. The summed E-state index contributed by atoms with van der Waals surface area (Å²) in [7, 11) is -3.48. The molecule has 4 nitrogen and oxygen atoms in total. The second-order valence-electron chi connectivity index (χ2n) is 5.10. The van der Waals surface area contributed by atoms with Crippen LogP contribution < -0.4 is 0 Å². The third-order valence-electron chi connectivity index (χ3n) is 3.72. The molecular weight excluding hydrogens is 328 g/mol. The second-order valence-corrected chi connectivity index (χ2v) is 8.81. The highest BCUT2D eigenvalue weighted by molar-refractivity contribution is 7.91. The van der Waals surface area contributed by atoms with Crippen LogP contribution in [0, 0.1) is 6.92 Å². The molecule has 1 aromatic carbocycles. The zero-order valence-electron chi connectivity index (χ0n) is 11.5. The number of thiazole rings is 1. The zero-order valence-corrected chi connectivity index (χ0v) is 13.9. The average Bonchev–Trinajstić information content (AvgIpc) is 3.07. The summed E-state index contributed by atoms with van der Waals surface area (Å²) >= 11 is 6.86. The van der Waals surface area contributed by atoms with Gasteiger partial charge in [-0.2, -0.15) is 4.31 Å². The van der Waals surface area contributed by atoms with Crippen LogP contribution in [-0.4, -0.2) is 30.8 Å². The average molecular weight is 343 g/mol. The minimum absolute atomic E-state index is 0.254. The SMILES string of the molecule is Cc1nc(Cl)sc1S(=O)(=O)N1CCC(c2ccccc2)C1. The van der Waals surface area contributed by atoms with Crippen molar-refractivity contribution < 1.29 is 8.42 Å². The lowest BCUT2D eigenvalue weighted by Crippen LogP contribution is -2.28. The molecule has 7 heteroatoms. The molecule has 1 aliphatic rings. The topological polar surface area (TPSA) is 50.3 Å². The van der Waals surface area contributed by atoms with Gasteiger partial charge in [0.2, 0.25) is 0 Å². The smallest absolute Gasteiger partial charge is 0.229 e.